The Labute approximate surface area is 117 Å². The van der Waals surface area contributed by atoms with E-state index in [0.29, 0.717) is 17.2 Å². The van der Waals surface area contributed by atoms with Crippen molar-refractivity contribution in [3.63, 3.8) is 0 Å². The third kappa shape index (κ3) is 2.45. The molecule has 0 saturated carbocycles. The van der Waals surface area contributed by atoms with Crippen LogP contribution in [0.25, 0.3) is 0 Å². The SMILES string of the molecule is Cc1c(N2CC(C)CC2C)cc(C(=O)O)cc1[N+](=O)[O-]. The summed E-state index contributed by atoms with van der Waals surface area (Å²) < 4.78 is 0. The Morgan fingerprint density at radius 2 is 2.10 bits per heavy atom. The molecular weight excluding hydrogens is 260 g/mol. The summed E-state index contributed by atoms with van der Waals surface area (Å²) in [6.45, 7) is 6.65. The first kappa shape index (κ1) is 14.3. The minimum absolute atomic E-state index is 0.0379. The highest BCUT2D eigenvalue weighted by atomic mass is 16.6. The Bertz CT molecular complexity index is 571. The zero-order valence-electron chi connectivity index (χ0n) is 11.8. The Kier molecular flexibility index (Phi) is 3.65. The van der Waals surface area contributed by atoms with Crippen LogP contribution in [0.3, 0.4) is 0 Å². The van der Waals surface area contributed by atoms with E-state index in [2.05, 4.69) is 18.7 Å². The summed E-state index contributed by atoms with van der Waals surface area (Å²) in [5.74, 6) is -0.647. The maximum atomic E-state index is 11.2. The van der Waals surface area contributed by atoms with Gasteiger partial charge in [0.25, 0.3) is 5.69 Å². The van der Waals surface area contributed by atoms with Crippen molar-refractivity contribution in [2.75, 3.05) is 11.4 Å². The zero-order chi connectivity index (χ0) is 15.0. The lowest BCUT2D eigenvalue weighted by molar-refractivity contribution is -0.385. The van der Waals surface area contributed by atoms with Gasteiger partial charge in [0.1, 0.15) is 0 Å². The number of carbonyl (C=O) groups is 1. The number of hydrogen-bond acceptors (Lipinski definition) is 4. The van der Waals surface area contributed by atoms with Gasteiger partial charge in [-0.2, -0.15) is 0 Å². The van der Waals surface area contributed by atoms with Crippen molar-refractivity contribution in [1.29, 1.82) is 0 Å². The third-order valence-corrected chi connectivity index (χ3v) is 3.89. The second-order valence-electron chi connectivity index (χ2n) is 5.54. The van der Waals surface area contributed by atoms with Gasteiger partial charge in [0.2, 0.25) is 0 Å². The molecule has 0 aliphatic carbocycles. The number of benzene rings is 1. The molecule has 2 unspecified atom stereocenters. The molecule has 108 valence electrons. The van der Waals surface area contributed by atoms with E-state index in [1.54, 1.807) is 13.0 Å². The van der Waals surface area contributed by atoms with Crippen LogP contribution in [0.5, 0.6) is 0 Å². The molecule has 1 aliphatic heterocycles. The Morgan fingerprint density at radius 1 is 1.45 bits per heavy atom. The number of carboxylic acid groups (broad SMARTS) is 1. The first-order valence-corrected chi connectivity index (χ1v) is 6.60. The first-order valence-electron chi connectivity index (χ1n) is 6.60. The molecule has 0 radical (unpaired) electrons. The predicted molar refractivity (Wildman–Crippen MR) is 75.4 cm³/mol. The van der Waals surface area contributed by atoms with E-state index < -0.39 is 10.9 Å². The molecule has 1 N–H and O–H groups in total. The van der Waals surface area contributed by atoms with Crippen molar-refractivity contribution in [3.05, 3.63) is 33.4 Å². The van der Waals surface area contributed by atoms with Gasteiger partial charge in [0.05, 0.1) is 16.1 Å². The summed E-state index contributed by atoms with van der Waals surface area (Å²) in [6, 6.07) is 2.93. The van der Waals surface area contributed by atoms with Gasteiger partial charge in [0, 0.05) is 24.3 Å². The van der Waals surface area contributed by atoms with Crippen molar-refractivity contribution in [2.24, 2.45) is 5.92 Å². The molecule has 1 aromatic rings. The van der Waals surface area contributed by atoms with Crippen molar-refractivity contribution in [3.8, 4) is 0 Å². The van der Waals surface area contributed by atoms with E-state index in [1.807, 2.05) is 0 Å². The monoisotopic (exact) mass is 278 g/mol. The van der Waals surface area contributed by atoms with Crippen LogP contribution in [-0.4, -0.2) is 28.6 Å². The van der Waals surface area contributed by atoms with E-state index in [4.69, 9.17) is 5.11 Å². The number of nitrogens with zero attached hydrogens (tertiary/aromatic N) is 2. The van der Waals surface area contributed by atoms with Crippen molar-refractivity contribution >= 4 is 17.3 Å². The summed E-state index contributed by atoms with van der Waals surface area (Å²) in [5.41, 5.74) is 1.02. The van der Waals surface area contributed by atoms with Crippen LogP contribution in [0.15, 0.2) is 12.1 Å². The van der Waals surface area contributed by atoms with E-state index >= 15 is 0 Å². The number of nitro benzene ring substituents is 1. The number of carboxylic acids is 1. The number of anilines is 1. The lowest BCUT2D eigenvalue weighted by Crippen LogP contribution is -2.28. The normalized spacial score (nSPS) is 22.1. The molecule has 20 heavy (non-hydrogen) atoms. The van der Waals surface area contributed by atoms with Gasteiger partial charge in [-0.3, -0.25) is 10.1 Å². The summed E-state index contributed by atoms with van der Waals surface area (Å²) in [4.78, 5) is 23.8. The van der Waals surface area contributed by atoms with Gasteiger partial charge in [-0.25, -0.2) is 4.79 Å². The van der Waals surface area contributed by atoms with Crippen LogP contribution >= 0.6 is 0 Å². The number of nitro groups is 1. The molecule has 1 aromatic carbocycles. The summed E-state index contributed by atoms with van der Waals surface area (Å²) in [5, 5.41) is 20.2. The molecule has 1 heterocycles. The van der Waals surface area contributed by atoms with Crippen molar-refractivity contribution < 1.29 is 14.8 Å². The molecule has 6 heteroatoms. The number of rotatable bonds is 3. The average Bonchev–Trinajstić information content (AvgIpc) is 2.67. The maximum absolute atomic E-state index is 11.2. The zero-order valence-corrected chi connectivity index (χ0v) is 11.8. The van der Waals surface area contributed by atoms with Gasteiger partial charge in [-0.1, -0.05) is 6.92 Å². The highest BCUT2D eigenvalue weighted by Gasteiger charge is 2.30. The second kappa shape index (κ2) is 5.11. The summed E-state index contributed by atoms with van der Waals surface area (Å²) in [6.07, 6.45) is 1.00. The molecule has 1 fully saturated rings. The quantitative estimate of drug-likeness (QED) is 0.679. The summed E-state index contributed by atoms with van der Waals surface area (Å²) in [7, 11) is 0. The molecule has 0 bridgehead atoms. The highest BCUT2D eigenvalue weighted by molar-refractivity contribution is 5.90. The van der Waals surface area contributed by atoms with E-state index in [-0.39, 0.29) is 17.3 Å². The van der Waals surface area contributed by atoms with E-state index in [9.17, 15) is 14.9 Å². The van der Waals surface area contributed by atoms with Crippen molar-refractivity contribution in [2.45, 2.75) is 33.2 Å². The first-order chi connectivity index (χ1) is 9.31. The Balaban J connectivity index is 2.57. The average molecular weight is 278 g/mol. The molecule has 1 aliphatic rings. The van der Waals surface area contributed by atoms with E-state index in [0.717, 1.165) is 19.0 Å². The summed E-state index contributed by atoms with van der Waals surface area (Å²) >= 11 is 0. The highest BCUT2D eigenvalue weighted by Crippen LogP contribution is 2.36. The molecule has 0 spiro atoms. The fraction of sp³-hybridized carbons (Fsp3) is 0.500. The molecule has 6 nitrogen and oxygen atoms in total. The van der Waals surface area contributed by atoms with Gasteiger partial charge in [-0.05, 0) is 32.3 Å². The Hall–Kier alpha value is -2.11. The van der Waals surface area contributed by atoms with Crippen LogP contribution in [-0.2, 0) is 0 Å². The van der Waals surface area contributed by atoms with Crippen LogP contribution in [0.2, 0.25) is 0 Å². The van der Waals surface area contributed by atoms with Gasteiger partial charge >= 0.3 is 5.97 Å². The molecule has 2 rings (SSSR count). The molecular formula is C14H18N2O4. The molecule has 1 saturated heterocycles. The van der Waals surface area contributed by atoms with Crippen LogP contribution < -0.4 is 4.90 Å². The van der Waals surface area contributed by atoms with Crippen LogP contribution in [0.4, 0.5) is 11.4 Å². The largest absolute Gasteiger partial charge is 0.478 e. The third-order valence-electron chi connectivity index (χ3n) is 3.89. The van der Waals surface area contributed by atoms with E-state index in [1.165, 1.54) is 0 Å². The topological polar surface area (TPSA) is 83.7 Å². The number of aromatic carboxylic acids is 1. The van der Waals surface area contributed by atoms with Gasteiger partial charge in [0.15, 0.2) is 0 Å². The Morgan fingerprint density at radius 3 is 2.55 bits per heavy atom. The molecule has 0 aromatic heterocycles. The van der Waals surface area contributed by atoms with Crippen LogP contribution in [0, 0.1) is 23.0 Å². The maximum Gasteiger partial charge on any atom is 0.336 e. The lowest BCUT2D eigenvalue weighted by atomic mass is 10.1. The standard InChI is InChI=1S/C14H18N2O4/c1-8-4-9(2)15(7-8)12-5-11(14(17)18)6-13(10(12)3)16(19)20/h5-6,8-9H,4,7H2,1-3H3,(H,17,18). The fourth-order valence-electron chi connectivity index (χ4n) is 2.93. The lowest BCUT2D eigenvalue weighted by Gasteiger charge is -2.26. The minimum Gasteiger partial charge on any atom is -0.478 e. The molecule has 0 amide bonds. The van der Waals surface area contributed by atoms with Crippen LogP contribution in [0.1, 0.15) is 36.2 Å². The second-order valence-corrected chi connectivity index (χ2v) is 5.54. The predicted octanol–water partition coefficient (Wildman–Crippen LogP) is 2.84. The minimum atomic E-state index is -1.14. The van der Waals surface area contributed by atoms with Crippen molar-refractivity contribution in [1.82, 2.24) is 0 Å². The molecule has 2 atom stereocenters. The smallest absolute Gasteiger partial charge is 0.336 e. The number of hydrogen-bond donors (Lipinski definition) is 1. The fourth-order valence-corrected chi connectivity index (χ4v) is 2.93. The van der Waals surface area contributed by atoms with Gasteiger partial charge < -0.3 is 10.0 Å². The van der Waals surface area contributed by atoms with Gasteiger partial charge in [-0.15, -0.1) is 0 Å².